The predicted octanol–water partition coefficient (Wildman–Crippen LogP) is 3.81. The Balaban J connectivity index is 0.000000561. The Labute approximate surface area is 507 Å². The molecule has 13 nitrogen and oxygen atoms in total. The Kier molecular flexibility index (Phi) is 29.6. The molecule has 0 spiro atoms. The van der Waals surface area contributed by atoms with Crippen molar-refractivity contribution in [2.45, 2.75) is 107 Å². The van der Waals surface area contributed by atoms with Gasteiger partial charge < -0.3 is 58.8 Å². The number of benzene rings is 6. The number of ether oxygens (including phenoxy) is 5. The van der Waals surface area contributed by atoms with E-state index in [1.807, 2.05) is 157 Å². The SMILES string of the molecule is C.Cc1cc(/C=C(/O)C(=O)O)cc(C)c1OCc1ccccc1.Cc1cc(/C=C(\OC2CCCCO2)C(=O)[O-])cc(C)c1OCc1ccccc1.Cc1cc(CC(O)C(=O)[O-])cc(C)c1OCc1ccccc1.[HH].[K+].[Na+]. The van der Waals surface area contributed by atoms with Crippen LogP contribution in [0.2, 0.25) is 0 Å². The van der Waals surface area contributed by atoms with E-state index in [9.17, 15) is 34.8 Å². The van der Waals surface area contributed by atoms with Gasteiger partial charge in [-0.15, -0.1) is 0 Å². The number of hydrogen-bond donors (Lipinski definition) is 3. The minimum Gasteiger partial charge on any atom is -0.547 e. The number of carboxylic acid groups (broad SMARTS) is 3. The first-order chi connectivity index (χ1) is 34.5. The molecule has 2 atom stereocenters. The second-order valence-corrected chi connectivity index (χ2v) is 17.4. The summed E-state index contributed by atoms with van der Waals surface area (Å²) in [5.74, 6) is -2.70. The summed E-state index contributed by atoms with van der Waals surface area (Å²) in [6.07, 6.45) is 3.31. The molecule has 0 bridgehead atoms. The van der Waals surface area contributed by atoms with Crippen molar-refractivity contribution in [1.29, 1.82) is 0 Å². The molecular weight excluding hydrogens is 991 g/mol. The fourth-order valence-corrected chi connectivity index (χ4v) is 7.93. The van der Waals surface area contributed by atoms with Gasteiger partial charge in [0.2, 0.25) is 5.76 Å². The molecule has 1 heterocycles. The average Bonchev–Trinajstić information content (AvgIpc) is 3.34. The van der Waals surface area contributed by atoms with Crippen LogP contribution in [0, 0.1) is 41.5 Å². The number of aliphatic hydroxyl groups excluding tert-OH is 2. The van der Waals surface area contributed by atoms with Gasteiger partial charge >= 0.3 is 86.9 Å². The zero-order valence-electron chi connectivity index (χ0n) is 43.5. The molecular formula is C60H68KNaO13. The van der Waals surface area contributed by atoms with Crippen molar-refractivity contribution in [2.24, 2.45) is 0 Å². The van der Waals surface area contributed by atoms with E-state index < -0.39 is 36.1 Å². The standard InChI is InChI=1S/C23H26O5.C18H20O4.C18H18O4.CH4.K.Na.H2/c1-16-12-19(14-20(23(24)25)28-21-10-6-7-11-26-21)13-17(2)22(16)27-15-18-8-4-3-5-9-18;2*1-12-8-15(10-16(19)18(20)21)9-13(2)17(12)22-11-14-6-4-3-5-7-14;;;;/h3-5,8-9,12-14,21H,6-7,10-11,15H2,1-2H3,(H,24,25);3-9,16,19H,10-11H2,1-2H3,(H,20,21);3-10,19H,11H2,1-2H3,(H,20,21);1H4;;;1H/q;;;;2*+1;/p-2/b20-14-;;16-10+;;;;. The molecule has 0 aliphatic carbocycles. The van der Waals surface area contributed by atoms with Gasteiger partial charge in [-0.3, -0.25) is 0 Å². The van der Waals surface area contributed by atoms with Crippen molar-refractivity contribution in [1.82, 2.24) is 0 Å². The van der Waals surface area contributed by atoms with Crippen molar-refractivity contribution < 1.29 is 146 Å². The van der Waals surface area contributed by atoms with Crippen molar-refractivity contribution in [3.05, 3.63) is 206 Å². The van der Waals surface area contributed by atoms with Gasteiger partial charge in [0.1, 0.15) is 48.8 Å². The minimum atomic E-state index is -1.49. The summed E-state index contributed by atoms with van der Waals surface area (Å²) in [4.78, 5) is 32.8. The van der Waals surface area contributed by atoms with Crippen LogP contribution in [-0.4, -0.2) is 52.2 Å². The zero-order chi connectivity index (χ0) is 52.2. The quantitative estimate of drug-likeness (QED) is 0.0638. The molecule has 6 aromatic rings. The first-order valence-corrected chi connectivity index (χ1v) is 23.5. The van der Waals surface area contributed by atoms with Crippen LogP contribution in [-0.2, 0) is 50.1 Å². The fraction of sp³-hybridized carbons (Fsp3) is 0.283. The summed E-state index contributed by atoms with van der Waals surface area (Å²) in [6, 6.07) is 40.7. The van der Waals surface area contributed by atoms with Crippen molar-refractivity contribution in [3.63, 3.8) is 0 Å². The molecule has 0 amide bonds. The number of aryl methyl sites for hydroxylation is 6. The van der Waals surface area contributed by atoms with E-state index in [1.54, 1.807) is 12.1 Å². The Morgan fingerprint density at radius 3 is 1.32 bits per heavy atom. The van der Waals surface area contributed by atoms with Crippen molar-refractivity contribution in [3.8, 4) is 17.2 Å². The van der Waals surface area contributed by atoms with Crippen molar-refractivity contribution in [2.75, 3.05) is 6.61 Å². The number of rotatable bonds is 18. The molecule has 15 heteroatoms. The van der Waals surface area contributed by atoms with Gasteiger partial charge in [-0.1, -0.05) is 111 Å². The second-order valence-electron chi connectivity index (χ2n) is 17.4. The largest absolute Gasteiger partial charge is 1.00 e. The summed E-state index contributed by atoms with van der Waals surface area (Å²) in [5.41, 5.74) is 10.8. The molecule has 1 aliphatic heterocycles. The van der Waals surface area contributed by atoms with E-state index in [1.165, 1.54) is 12.2 Å². The van der Waals surface area contributed by atoms with Gasteiger partial charge in [0.25, 0.3) is 0 Å². The number of hydrogen-bond acceptors (Lipinski definition) is 12. The second kappa shape index (κ2) is 33.7. The predicted molar refractivity (Wildman–Crippen MR) is 280 cm³/mol. The van der Waals surface area contributed by atoms with Crippen LogP contribution >= 0.6 is 0 Å². The normalized spacial score (nSPS) is 13.2. The first kappa shape index (κ1) is 65.9. The molecule has 0 radical (unpaired) electrons. The minimum absolute atomic E-state index is 0. The summed E-state index contributed by atoms with van der Waals surface area (Å²) < 4.78 is 28.7. The number of carboxylic acids is 3. The summed E-state index contributed by atoms with van der Waals surface area (Å²) >= 11 is 0. The van der Waals surface area contributed by atoms with Gasteiger partial charge in [-0.2, -0.15) is 0 Å². The Hall–Kier alpha value is -5.23. The molecule has 388 valence electrons. The van der Waals surface area contributed by atoms with Crippen molar-refractivity contribution >= 4 is 30.1 Å². The van der Waals surface area contributed by atoms with E-state index in [2.05, 4.69) is 0 Å². The average molecular weight is 1060 g/mol. The van der Waals surface area contributed by atoms with Crippen LogP contribution < -0.4 is 105 Å². The van der Waals surface area contributed by atoms with Crippen LogP contribution in [0.25, 0.3) is 12.2 Å². The molecule has 6 aromatic carbocycles. The molecule has 1 aliphatic rings. The maximum absolute atomic E-state index is 11.5. The van der Waals surface area contributed by atoms with Gasteiger partial charge in [-0.05, 0) is 158 Å². The molecule has 0 saturated carbocycles. The molecule has 0 aromatic heterocycles. The van der Waals surface area contributed by atoms with Crippen LogP contribution in [0.15, 0.2) is 139 Å². The van der Waals surface area contributed by atoms with Crippen LogP contribution in [0.5, 0.6) is 17.2 Å². The first-order valence-electron chi connectivity index (χ1n) is 23.5. The summed E-state index contributed by atoms with van der Waals surface area (Å²) in [6.45, 7) is 13.5. The maximum atomic E-state index is 11.5. The third-order valence-corrected chi connectivity index (χ3v) is 11.3. The maximum Gasteiger partial charge on any atom is 1.00 e. The Morgan fingerprint density at radius 1 is 0.613 bits per heavy atom. The number of aliphatic hydroxyl groups is 2. The van der Waals surface area contributed by atoms with E-state index >= 15 is 0 Å². The molecule has 2 unspecified atom stereocenters. The number of carbonyl (C=O) groups excluding carboxylic acids is 2. The Bertz CT molecular complexity index is 2750. The summed E-state index contributed by atoms with van der Waals surface area (Å²) in [7, 11) is 0. The number of aliphatic carboxylic acids is 3. The van der Waals surface area contributed by atoms with E-state index in [0.29, 0.717) is 38.4 Å². The van der Waals surface area contributed by atoms with Crippen LogP contribution in [0.3, 0.4) is 0 Å². The Morgan fingerprint density at radius 2 is 0.987 bits per heavy atom. The third kappa shape index (κ3) is 22.1. The molecule has 3 N–H and O–H groups in total. The topological polar surface area (TPSA) is 204 Å². The van der Waals surface area contributed by atoms with E-state index in [0.717, 1.165) is 91.3 Å². The molecule has 75 heavy (non-hydrogen) atoms. The van der Waals surface area contributed by atoms with E-state index in [-0.39, 0.29) is 102 Å². The van der Waals surface area contributed by atoms with Gasteiger partial charge in [0.05, 0.1) is 18.7 Å². The van der Waals surface area contributed by atoms with Gasteiger partial charge in [0.15, 0.2) is 6.29 Å². The van der Waals surface area contributed by atoms with E-state index in [4.69, 9.17) is 28.8 Å². The number of carbonyl (C=O) groups is 3. The van der Waals surface area contributed by atoms with Gasteiger partial charge in [0, 0.05) is 14.3 Å². The molecule has 1 saturated heterocycles. The third-order valence-electron chi connectivity index (χ3n) is 11.3. The molecule has 7 rings (SSSR count). The fourth-order valence-electron chi connectivity index (χ4n) is 7.93. The van der Waals surface area contributed by atoms with Crippen LogP contribution in [0.1, 0.15) is 94.9 Å². The monoisotopic (exact) mass is 1060 g/mol. The summed E-state index contributed by atoms with van der Waals surface area (Å²) in [5, 5.41) is 49.5. The molecule has 1 fully saturated rings. The zero-order valence-corrected chi connectivity index (χ0v) is 48.6. The van der Waals surface area contributed by atoms with Crippen LogP contribution in [0.4, 0.5) is 0 Å². The smallest absolute Gasteiger partial charge is 0.547 e. The van der Waals surface area contributed by atoms with Gasteiger partial charge in [-0.25, -0.2) is 4.79 Å².